The van der Waals surface area contributed by atoms with Gasteiger partial charge in [-0.05, 0) is 51.7 Å². The van der Waals surface area contributed by atoms with Crippen LogP contribution in [0.5, 0.6) is 5.75 Å². The average molecular weight is 331 g/mol. The van der Waals surface area contributed by atoms with E-state index in [0.717, 1.165) is 6.42 Å². The molecule has 0 fully saturated rings. The van der Waals surface area contributed by atoms with E-state index in [1.807, 2.05) is 36.6 Å². The molecule has 0 aliphatic heterocycles. The number of ether oxygens (including phenoxy) is 1. The van der Waals surface area contributed by atoms with E-state index in [4.69, 9.17) is 4.74 Å². The van der Waals surface area contributed by atoms with Crippen LogP contribution in [0, 0.1) is 12.3 Å². The number of amides is 1. The highest BCUT2D eigenvalue weighted by atomic mass is 16.5. The van der Waals surface area contributed by atoms with Crippen LogP contribution in [0.25, 0.3) is 5.65 Å². The van der Waals surface area contributed by atoms with E-state index in [9.17, 15) is 4.79 Å². The van der Waals surface area contributed by atoms with E-state index in [2.05, 4.69) is 44.9 Å². The molecule has 2 aromatic heterocycles. The molecule has 5 nitrogen and oxygen atoms in total. The Morgan fingerprint density at radius 1 is 1.29 bits per heavy atom. The van der Waals surface area contributed by atoms with Crippen molar-refractivity contribution < 1.29 is 9.53 Å². The number of rotatable bonds is 5. The van der Waals surface area contributed by atoms with Crippen LogP contribution in [0.15, 0.2) is 18.3 Å². The Bertz CT molecular complexity index is 739. The van der Waals surface area contributed by atoms with Crippen molar-refractivity contribution in [3.8, 4) is 5.75 Å². The van der Waals surface area contributed by atoms with Crippen LogP contribution in [-0.4, -0.2) is 27.4 Å². The van der Waals surface area contributed by atoms with Gasteiger partial charge < -0.3 is 10.1 Å². The third kappa shape index (κ3) is 4.08. The molecule has 0 atom stereocenters. The summed E-state index contributed by atoms with van der Waals surface area (Å²) in [5.74, 6) is 0.582. The van der Waals surface area contributed by atoms with Gasteiger partial charge in [-0.15, -0.1) is 0 Å². The molecule has 0 saturated heterocycles. The summed E-state index contributed by atoms with van der Waals surface area (Å²) < 4.78 is 7.43. The van der Waals surface area contributed by atoms with Crippen LogP contribution >= 0.6 is 0 Å². The molecular weight excluding hydrogens is 302 g/mol. The molecule has 132 valence electrons. The summed E-state index contributed by atoms with van der Waals surface area (Å²) in [6, 6.07) is 3.74. The minimum Gasteiger partial charge on any atom is -0.490 e. The van der Waals surface area contributed by atoms with Crippen molar-refractivity contribution in [1.82, 2.24) is 14.7 Å². The first-order chi connectivity index (χ1) is 11.0. The normalized spacial score (nSPS) is 12.5. The van der Waals surface area contributed by atoms with Crippen molar-refractivity contribution in [2.45, 2.75) is 60.4 Å². The first-order valence-electron chi connectivity index (χ1n) is 8.47. The SMILES string of the molecule is CCOc1cccn2c(C(=O)NC(C)(C)CC(C)(C)C)c(C)nc12. The van der Waals surface area contributed by atoms with Gasteiger partial charge in [0, 0.05) is 11.7 Å². The maximum atomic E-state index is 12.9. The molecule has 1 N–H and O–H groups in total. The molecule has 1 amide bonds. The molecule has 0 bridgehead atoms. The summed E-state index contributed by atoms with van der Waals surface area (Å²) in [7, 11) is 0. The second-order valence-corrected chi connectivity index (χ2v) is 8.12. The van der Waals surface area contributed by atoms with Gasteiger partial charge >= 0.3 is 0 Å². The number of hydrogen-bond donors (Lipinski definition) is 1. The lowest BCUT2D eigenvalue weighted by Crippen LogP contribution is -2.46. The molecule has 0 aliphatic rings. The maximum Gasteiger partial charge on any atom is 0.270 e. The highest BCUT2D eigenvalue weighted by molar-refractivity contribution is 5.95. The van der Waals surface area contributed by atoms with Gasteiger partial charge in [0.1, 0.15) is 5.69 Å². The Kier molecular flexibility index (Phi) is 4.92. The number of nitrogens with one attached hydrogen (secondary N) is 1. The van der Waals surface area contributed by atoms with Crippen LogP contribution in [0.1, 0.15) is 64.1 Å². The first-order valence-corrected chi connectivity index (χ1v) is 8.47. The van der Waals surface area contributed by atoms with Gasteiger partial charge in [0.05, 0.1) is 12.3 Å². The quantitative estimate of drug-likeness (QED) is 0.901. The number of pyridine rings is 1. The zero-order valence-electron chi connectivity index (χ0n) is 15.9. The summed E-state index contributed by atoms with van der Waals surface area (Å²) in [5, 5.41) is 3.16. The molecule has 0 aliphatic carbocycles. The number of hydrogen-bond acceptors (Lipinski definition) is 3. The third-order valence-electron chi connectivity index (χ3n) is 3.73. The number of carbonyl (C=O) groups is 1. The van der Waals surface area contributed by atoms with E-state index in [0.29, 0.717) is 29.4 Å². The van der Waals surface area contributed by atoms with Crippen LogP contribution in [0.4, 0.5) is 0 Å². The number of imidazole rings is 1. The first kappa shape index (κ1) is 18.3. The summed E-state index contributed by atoms with van der Waals surface area (Å²) in [6.45, 7) is 15.0. The molecular formula is C19H29N3O2. The maximum absolute atomic E-state index is 12.9. The van der Waals surface area contributed by atoms with Gasteiger partial charge in [-0.25, -0.2) is 4.98 Å². The summed E-state index contributed by atoms with van der Waals surface area (Å²) in [5.41, 5.74) is 1.77. The molecule has 5 heteroatoms. The Morgan fingerprint density at radius 2 is 1.96 bits per heavy atom. The number of nitrogens with zero attached hydrogens (tertiary/aromatic N) is 2. The monoisotopic (exact) mass is 331 g/mol. The Morgan fingerprint density at radius 3 is 2.54 bits per heavy atom. The van der Waals surface area contributed by atoms with Crippen molar-refractivity contribution in [3.63, 3.8) is 0 Å². The van der Waals surface area contributed by atoms with Crippen molar-refractivity contribution in [3.05, 3.63) is 29.7 Å². The Hall–Kier alpha value is -2.04. The Labute approximate surface area is 144 Å². The van der Waals surface area contributed by atoms with Crippen molar-refractivity contribution >= 4 is 11.6 Å². The lowest BCUT2D eigenvalue weighted by atomic mass is 9.82. The zero-order chi connectivity index (χ0) is 18.1. The molecule has 0 aromatic carbocycles. The molecule has 2 rings (SSSR count). The molecule has 0 radical (unpaired) electrons. The lowest BCUT2D eigenvalue weighted by Gasteiger charge is -2.33. The zero-order valence-corrected chi connectivity index (χ0v) is 15.9. The number of carbonyl (C=O) groups excluding carboxylic acids is 1. The van der Waals surface area contributed by atoms with Gasteiger partial charge in [-0.3, -0.25) is 9.20 Å². The van der Waals surface area contributed by atoms with E-state index in [1.54, 1.807) is 0 Å². The van der Waals surface area contributed by atoms with E-state index in [-0.39, 0.29) is 16.9 Å². The minimum absolute atomic E-state index is 0.108. The second kappa shape index (κ2) is 6.46. The fraction of sp³-hybridized carbons (Fsp3) is 0.579. The number of aryl methyl sites for hydroxylation is 1. The van der Waals surface area contributed by atoms with Crippen LogP contribution in [-0.2, 0) is 0 Å². The summed E-state index contributed by atoms with van der Waals surface area (Å²) >= 11 is 0. The summed E-state index contributed by atoms with van der Waals surface area (Å²) in [4.78, 5) is 17.4. The highest BCUT2D eigenvalue weighted by Crippen LogP contribution is 2.28. The van der Waals surface area contributed by atoms with Gasteiger partial charge in [-0.2, -0.15) is 0 Å². The van der Waals surface area contributed by atoms with E-state index >= 15 is 0 Å². The highest BCUT2D eigenvalue weighted by Gasteiger charge is 2.29. The predicted molar refractivity (Wildman–Crippen MR) is 96.7 cm³/mol. The van der Waals surface area contributed by atoms with Gasteiger partial charge in [-0.1, -0.05) is 20.8 Å². The fourth-order valence-electron chi connectivity index (χ4n) is 3.43. The van der Waals surface area contributed by atoms with Gasteiger partial charge in [0.25, 0.3) is 5.91 Å². The molecule has 0 saturated carbocycles. The minimum atomic E-state index is -0.302. The van der Waals surface area contributed by atoms with Gasteiger partial charge in [0.2, 0.25) is 0 Å². The van der Waals surface area contributed by atoms with Crippen LogP contribution in [0.2, 0.25) is 0 Å². The molecule has 24 heavy (non-hydrogen) atoms. The van der Waals surface area contributed by atoms with Crippen LogP contribution in [0.3, 0.4) is 0 Å². The topological polar surface area (TPSA) is 55.6 Å². The van der Waals surface area contributed by atoms with E-state index in [1.165, 1.54) is 0 Å². The predicted octanol–water partition coefficient (Wildman–Crippen LogP) is 3.99. The smallest absolute Gasteiger partial charge is 0.270 e. The van der Waals surface area contributed by atoms with Crippen molar-refractivity contribution in [2.24, 2.45) is 5.41 Å². The van der Waals surface area contributed by atoms with E-state index < -0.39 is 0 Å². The summed E-state index contributed by atoms with van der Waals surface area (Å²) in [6.07, 6.45) is 2.73. The Balaban J connectivity index is 2.36. The van der Waals surface area contributed by atoms with Gasteiger partial charge in [0.15, 0.2) is 11.4 Å². The lowest BCUT2D eigenvalue weighted by molar-refractivity contribution is 0.0884. The number of fused-ring (bicyclic) bond motifs is 1. The molecule has 2 heterocycles. The molecule has 0 spiro atoms. The molecule has 0 unspecified atom stereocenters. The average Bonchev–Trinajstić information content (AvgIpc) is 2.72. The van der Waals surface area contributed by atoms with Crippen LogP contribution < -0.4 is 10.1 Å². The number of aromatic nitrogens is 2. The van der Waals surface area contributed by atoms with Crippen molar-refractivity contribution in [1.29, 1.82) is 0 Å². The fourth-order valence-corrected chi connectivity index (χ4v) is 3.43. The standard InChI is InChI=1S/C19H29N3O2/c1-8-24-14-10-9-11-22-15(13(2)20-16(14)22)17(23)21-19(6,7)12-18(3,4)5/h9-11H,8,12H2,1-7H3,(H,21,23). The van der Waals surface area contributed by atoms with Crippen molar-refractivity contribution in [2.75, 3.05) is 6.61 Å². The molecule has 2 aromatic rings. The second-order valence-electron chi connectivity index (χ2n) is 8.12. The third-order valence-corrected chi connectivity index (χ3v) is 3.73. The largest absolute Gasteiger partial charge is 0.490 e.